The molecule has 0 aliphatic carbocycles. The summed E-state index contributed by atoms with van der Waals surface area (Å²) >= 11 is 6.37. The number of nitrogens with one attached hydrogen (secondary N) is 1. The molecule has 0 spiro atoms. The van der Waals surface area contributed by atoms with Gasteiger partial charge >= 0.3 is 5.97 Å². The van der Waals surface area contributed by atoms with Gasteiger partial charge in [-0.25, -0.2) is 0 Å². The van der Waals surface area contributed by atoms with E-state index in [4.69, 9.17) is 17.3 Å². The van der Waals surface area contributed by atoms with E-state index in [0.717, 1.165) is 22.9 Å². The van der Waals surface area contributed by atoms with E-state index >= 15 is 0 Å². The Morgan fingerprint density at radius 2 is 1.89 bits per heavy atom. The van der Waals surface area contributed by atoms with Crippen LogP contribution in [-0.2, 0) is 14.4 Å². The molecule has 1 fully saturated rings. The number of carbonyl (C=O) groups is 3. The van der Waals surface area contributed by atoms with Gasteiger partial charge in [-0.1, -0.05) is 60.4 Å². The molecule has 1 aromatic carbocycles. The Hall–Kier alpha value is -2.45. The molecule has 0 aromatic heterocycles. The van der Waals surface area contributed by atoms with Crippen LogP contribution in [0.15, 0.2) is 46.9 Å². The van der Waals surface area contributed by atoms with Gasteiger partial charge in [0.2, 0.25) is 5.91 Å². The number of carbonyl (C=O) groups excluding carboxylic acids is 2. The van der Waals surface area contributed by atoms with Crippen LogP contribution in [0.3, 0.4) is 0 Å². The van der Waals surface area contributed by atoms with Crippen molar-refractivity contribution in [2.24, 2.45) is 0 Å². The highest BCUT2D eigenvalue weighted by Crippen LogP contribution is 2.33. The zero-order valence-corrected chi connectivity index (χ0v) is 16.8. The van der Waals surface area contributed by atoms with Gasteiger partial charge in [0.05, 0.1) is 4.91 Å². The van der Waals surface area contributed by atoms with E-state index in [1.54, 1.807) is 6.08 Å². The van der Waals surface area contributed by atoms with Crippen molar-refractivity contribution in [2.75, 3.05) is 0 Å². The van der Waals surface area contributed by atoms with Crippen molar-refractivity contribution in [2.45, 2.75) is 32.9 Å². The van der Waals surface area contributed by atoms with Crippen molar-refractivity contribution >= 4 is 52.2 Å². The maximum Gasteiger partial charge on any atom is 0.325 e. The van der Waals surface area contributed by atoms with Crippen LogP contribution in [0.5, 0.6) is 0 Å². The van der Waals surface area contributed by atoms with Crippen LogP contribution >= 0.6 is 24.0 Å². The van der Waals surface area contributed by atoms with E-state index in [2.05, 4.69) is 5.32 Å². The highest BCUT2D eigenvalue weighted by atomic mass is 32.2. The predicted octanol–water partition coefficient (Wildman–Crippen LogP) is 2.81. The van der Waals surface area contributed by atoms with Gasteiger partial charge in [0.15, 0.2) is 0 Å². The zero-order valence-electron chi connectivity index (χ0n) is 15.1. The van der Waals surface area contributed by atoms with E-state index in [-0.39, 0.29) is 10.2 Å². The molecule has 2 atom stereocenters. The minimum Gasteiger partial charge on any atom is -0.480 e. The van der Waals surface area contributed by atoms with Gasteiger partial charge in [-0.2, -0.15) is 0 Å². The SMILES string of the molecule is CC(/C=C1\SC(=S)N(C(C)C(=O)NC(C)C(=O)O)C1=O)=C\c1ccccc1. The summed E-state index contributed by atoms with van der Waals surface area (Å²) in [5, 5.41) is 11.3. The molecule has 1 heterocycles. The summed E-state index contributed by atoms with van der Waals surface area (Å²) in [7, 11) is 0. The van der Waals surface area contributed by atoms with Gasteiger partial charge in [-0.05, 0) is 38.0 Å². The lowest BCUT2D eigenvalue weighted by molar-refractivity contribution is -0.142. The fourth-order valence-corrected chi connectivity index (χ4v) is 3.86. The zero-order chi connectivity index (χ0) is 20.1. The average molecular weight is 405 g/mol. The number of nitrogens with zero attached hydrogens (tertiary/aromatic N) is 1. The Morgan fingerprint density at radius 3 is 2.48 bits per heavy atom. The molecule has 2 unspecified atom stereocenters. The number of aliphatic carboxylic acids is 1. The molecule has 8 heteroatoms. The Balaban J connectivity index is 2.15. The summed E-state index contributed by atoms with van der Waals surface area (Å²) < 4.78 is 0.268. The summed E-state index contributed by atoms with van der Waals surface area (Å²) in [4.78, 5) is 37.5. The van der Waals surface area contributed by atoms with Crippen molar-refractivity contribution in [3.05, 3.63) is 52.4 Å². The van der Waals surface area contributed by atoms with Gasteiger partial charge < -0.3 is 10.4 Å². The van der Waals surface area contributed by atoms with E-state index in [9.17, 15) is 14.4 Å². The molecule has 6 nitrogen and oxygen atoms in total. The minimum absolute atomic E-state index is 0.268. The van der Waals surface area contributed by atoms with E-state index in [1.165, 1.54) is 18.7 Å². The van der Waals surface area contributed by atoms with Gasteiger partial charge in [0.1, 0.15) is 16.4 Å². The second kappa shape index (κ2) is 8.96. The van der Waals surface area contributed by atoms with Crippen LogP contribution in [0.25, 0.3) is 6.08 Å². The summed E-state index contributed by atoms with van der Waals surface area (Å²) in [5.41, 5.74) is 1.88. The summed E-state index contributed by atoms with van der Waals surface area (Å²) in [5.74, 6) is -2.09. The van der Waals surface area contributed by atoms with Crippen LogP contribution in [0.1, 0.15) is 26.3 Å². The third kappa shape index (κ3) is 5.27. The van der Waals surface area contributed by atoms with Crippen LogP contribution in [0, 0.1) is 0 Å². The first-order valence-corrected chi connectivity index (χ1v) is 9.46. The quantitative estimate of drug-likeness (QED) is 0.560. The van der Waals surface area contributed by atoms with Gasteiger partial charge in [-0.15, -0.1) is 0 Å². The smallest absolute Gasteiger partial charge is 0.325 e. The number of thiocarbonyl (C=S) groups is 1. The molecule has 27 heavy (non-hydrogen) atoms. The summed E-state index contributed by atoms with van der Waals surface area (Å²) in [6, 6.07) is 7.74. The maximum absolute atomic E-state index is 12.7. The Kier molecular flexibility index (Phi) is 6.92. The molecule has 1 saturated heterocycles. The number of carboxylic acids is 1. The molecule has 1 aliphatic heterocycles. The van der Waals surface area contributed by atoms with Gasteiger partial charge in [0, 0.05) is 0 Å². The third-order valence-electron chi connectivity index (χ3n) is 3.87. The van der Waals surface area contributed by atoms with Crippen LogP contribution in [0.4, 0.5) is 0 Å². The third-order valence-corrected chi connectivity index (χ3v) is 5.20. The molecule has 0 radical (unpaired) electrons. The van der Waals surface area contributed by atoms with Gasteiger partial charge in [0.25, 0.3) is 5.91 Å². The lowest BCUT2D eigenvalue weighted by Crippen LogP contribution is -2.50. The Bertz CT molecular complexity index is 833. The van der Waals surface area contributed by atoms with E-state index in [1.807, 2.05) is 43.3 Å². The highest BCUT2D eigenvalue weighted by molar-refractivity contribution is 8.26. The number of benzene rings is 1. The molecule has 0 bridgehead atoms. The topological polar surface area (TPSA) is 86.7 Å². The van der Waals surface area contributed by atoms with Crippen LogP contribution in [-0.4, -0.2) is 44.2 Å². The monoisotopic (exact) mass is 404 g/mol. The van der Waals surface area contributed by atoms with Crippen molar-refractivity contribution in [1.29, 1.82) is 0 Å². The second-order valence-corrected chi connectivity index (χ2v) is 7.77. The maximum atomic E-state index is 12.7. The number of hydrogen-bond donors (Lipinski definition) is 2. The first-order chi connectivity index (χ1) is 12.7. The standard InChI is InChI=1S/C19H20N2O4S2/c1-11(9-14-7-5-4-6-8-14)10-15-17(23)21(19(26)27-15)13(3)16(22)20-12(2)18(24)25/h4-10,12-13H,1-3H3,(H,20,22)(H,24,25)/b11-9+,15-10-. The predicted molar refractivity (Wildman–Crippen MR) is 110 cm³/mol. The second-order valence-electron chi connectivity index (χ2n) is 6.10. The first kappa shape index (κ1) is 20.9. The Labute approximate surface area is 167 Å². The summed E-state index contributed by atoms with van der Waals surface area (Å²) in [6.45, 7) is 4.75. The number of thioether (sulfide) groups is 1. The van der Waals surface area contributed by atoms with Crippen molar-refractivity contribution in [3.63, 3.8) is 0 Å². The lowest BCUT2D eigenvalue weighted by atomic mass is 10.1. The molecule has 2 rings (SSSR count). The highest BCUT2D eigenvalue weighted by Gasteiger charge is 2.38. The Morgan fingerprint density at radius 1 is 1.26 bits per heavy atom. The number of allylic oxidation sites excluding steroid dienone is 2. The average Bonchev–Trinajstić information content (AvgIpc) is 2.88. The molecule has 1 aliphatic rings. The molecule has 2 amide bonds. The van der Waals surface area contributed by atoms with E-state index in [0.29, 0.717) is 4.91 Å². The van der Waals surface area contributed by atoms with Crippen LogP contribution < -0.4 is 5.32 Å². The lowest BCUT2D eigenvalue weighted by Gasteiger charge is -2.23. The molecule has 1 aromatic rings. The number of carboxylic acid groups (broad SMARTS) is 1. The normalized spacial score (nSPS) is 18.6. The number of rotatable bonds is 6. The van der Waals surface area contributed by atoms with Crippen LogP contribution in [0.2, 0.25) is 0 Å². The molecule has 142 valence electrons. The minimum atomic E-state index is -1.15. The number of amides is 2. The van der Waals surface area contributed by atoms with Crippen molar-refractivity contribution in [3.8, 4) is 0 Å². The molecule has 0 saturated carbocycles. The molecular formula is C19H20N2O4S2. The number of hydrogen-bond acceptors (Lipinski definition) is 5. The van der Waals surface area contributed by atoms with E-state index < -0.39 is 24.0 Å². The van der Waals surface area contributed by atoms with Crippen molar-refractivity contribution in [1.82, 2.24) is 10.2 Å². The largest absolute Gasteiger partial charge is 0.480 e. The molecule has 2 N–H and O–H groups in total. The summed E-state index contributed by atoms with van der Waals surface area (Å²) in [6.07, 6.45) is 3.67. The fourth-order valence-electron chi connectivity index (χ4n) is 2.39. The molecular weight excluding hydrogens is 384 g/mol. The van der Waals surface area contributed by atoms with Gasteiger partial charge in [-0.3, -0.25) is 19.3 Å². The van der Waals surface area contributed by atoms with Crippen molar-refractivity contribution < 1.29 is 19.5 Å². The first-order valence-electron chi connectivity index (χ1n) is 8.24. The fraction of sp³-hybridized carbons (Fsp3) is 0.263.